The highest BCUT2D eigenvalue weighted by molar-refractivity contribution is 14.1. The topological polar surface area (TPSA) is 75.3 Å². The van der Waals surface area contributed by atoms with Crippen molar-refractivity contribution in [3.8, 4) is 0 Å². The number of amides is 1. The van der Waals surface area contributed by atoms with Gasteiger partial charge in [0.15, 0.2) is 0 Å². The Kier molecular flexibility index (Phi) is 4.11. The van der Waals surface area contributed by atoms with E-state index >= 15 is 0 Å². The Labute approximate surface area is 60.9 Å². The van der Waals surface area contributed by atoms with Gasteiger partial charge in [-0.1, -0.05) is 0 Å². The van der Waals surface area contributed by atoms with Gasteiger partial charge in [0, 0.05) is 6.54 Å². The van der Waals surface area contributed by atoms with Crippen molar-refractivity contribution in [2.24, 2.45) is 5.73 Å². The fourth-order valence-electron chi connectivity index (χ4n) is 0.170. The first-order valence-corrected chi connectivity index (χ1v) is 3.09. The molecule has 1 amide bonds. The number of carbonyl (C=O) groups is 1. The van der Waals surface area contributed by atoms with E-state index in [4.69, 9.17) is 10.8 Å². The van der Waals surface area contributed by atoms with Crippen LogP contribution >= 0.6 is 22.9 Å². The Balaban J connectivity index is 3.46. The maximum absolute atomic E-state index is 10.3. The Morgan fingerprint density at radius 2 is 2.50 bits per heavy atom. The van der Waals surface area contributed by atoms with Crippen LogP contribution in [0.4, 0.5) is 0 Å². The van der Waals surface area contributed by atoms with Gasteiger partial charge in [-0.15, -0.1) is 0 Å². The van der Waals surface area contributed by atoms with Gasteiger partial charge in [-0.05, 0) is 0 Å². The third-order valence-corrected chi connectivity index (χ3v) is 1.15. The molecule has 0 bridgehead atoms. The molecule has 0 aliphatic rings. The van der Waals surface area contributed by atoms with E-state index in [2.05, 4.69) is 3.53 Å². The standard InChI is InChI=1S/C3H7IN2O2/c4-6-3(8)2(7)1-5/h2,7H,1,5H2,(H,6,8). The molecule has 48 valence electrons. The van der Waals surface area contributed by atoms with E-state index in [-0.39, 0.29) is 6.54 Å². The number of nitrogens with one attached hydrogen (secondary N) is 1. The van der Waals surface area contributed by atoms with E-state index in [1.54, 1.807) is 22.9 Å². The van der Waals surface area contributed by atoms with Gasteiger partial charge < -0.3 is 10.8 Å². The van der Waals surface area contributed by atoms with Crippen LogP contribution in [-0.4, -0.2) is 23.7 Å². The summed E-state index contributed by atoms with van der Waals surface area (Å²) in [6.07, 6.45) is -1.06. The first-order valence-electron chi connectivity index (χ1n) is 2.01. The summed E-state index contributed by atoms with van der Waals surface area (Å²) in [7, 11) is 0. The largest absolute Gasteiger partial charge is 0.382 e. The van der Waals surface area contributed by atoms with Crippen molar-refractivity contribution < 1.29 is 9.90 Å². The molecule has 8 heavy (non-hydrogen) atoms. The van der Waals surface area contributed by atoms with E-state index in [9.17, 15) is 4.79 Å². The third-order valence-electron chi connectivity index (χ3n) is 0.619. The second-order valence-corrected chi connectivity index (χ2v) is 1.75. The quantitative estimate of drug-likeness (QED) is 0.410. The lowest BCUT2D eigenvalue weighted by atomic mass is 10.3. The average Bonchev–Trinajstić information content (AvgIpc) is 1.84. The van der Waals surface area contributed by atoms with Crippen LogP contribution in [0.3, 0.4) is 0 Å². The van der Waals surface area contributed by atoms with Crippen LogP contribution < -0.4 is 9.26 Å². The molecular weight excluding hydrogens is 223 g/mol. The summed E-state index contributed by atoms with van der Waals surface area (Å²) in [6, 6.07) is 0. The second-order valence-electron chi connectivity index (χ2n) is 1.21. The van der Waals surface area contributed by atoms with Crippen LogP contribution in [-0.2, 0) is 4.79 Å². The van der Waals surface area contributed by atoms with Crippen molar-refractivity contribution in [2.45, 2.75) is 6.10 Å². The Morgan fingerprint density at radius 3 is 2.62 bits per heavy atom. The molecule has 1 atom stereocenters. The molecule has 0 saturated heterocycles. The van der Waals surface area contributed by atoms with E-state index in [1.165, 1.54) is 0 Å². The van der Waals surface area contributed by atoms with Gasteiger partial charge in [-0.25, -0.2) is 0 Å². The van der Waals surface area contributed by atoms with Gasteiger partial charge in [-0.2, -0.15) is 0 Å². The number of nitrogens with two attached hydrogens (primary N) is 1. The van der Waals surface area contributed by atoms with Gasteiger partial charge in [0.2, 0.25) is 0 Å². The summed E-state index contributed by atoms with van der Waals surface area (Å²) in [5.41, 5.74) is 4.93. The molecule has 0 aliphatic carbocycles. The molecule has 4 N–H and O–H groups in total. The highest BCUT2D eigenvalue weighted by Crippen LogP contribution is 1.80. The predicted molar refractivity (Wildman–Crippen MR) is 37.2 cm³/mol. The molecule has 0 spiro atoms. The number of aliphatic hydroxyl groups excluding tert-OH is 1. The van der Waals surface area contributed by atoms with Gasteiger partial charge in [-0.3, -0.25) is 8.32 Å². The van der Waals surface area contributed by atoms with Crippen LogP contribution in [0.25, 0.3) is 0 Å². The lowest BCUT2D eigenvalue weighted by Gasteiger charge is -2.01. The summed E-state index contributed by atoms with van der Waals surface area (Å²) in [5, 5.41) is 8.58. The maximum Gasteiger partial charge on any atom is 0.258 e. The summed E-state index contributed by atoms with van der Waals surface area (Å²) in [5.74, 6) is -0.451. The van der Waals surface area contributed by atoms with Crippen molar-refractivity contribution in [3.63, 3.8) is 0 Å². The van der Waals surface area contributed by atoms with Gasteiger partial charge in [0.05, 0.1) is 22.9 Å². The zero-order chi connectivity index (χ0) is 6.57. The highest BCUT2D eigenvalue weighted by Gasteiger charge is 2.09. The molecule has 4 nitrogen and oxygen atoms in total. The minimum absolute atomic E-state index is 0.0329. The minimum atomic E-state index is -1.06. The molecule has 0 aromatic heterocycles. The first kappa shape index (κ1) is 8.12. The van der Waals surface area contributed by atoms with Crippen LogP contribution in [0.1, 0.15) is 0 Å². The molecule has 0 saturated carbocycles. The normalized spacial score (nSPS) is 12.9. The lowest BCUT2D eigenvalue weighted by Crippen LogP contribution is -2.34. The fourth-order valence-corrected chi connectivity index (χ4v) is 0.529. The monoisotopic (exact) mass is 230 g/mol. The number of carbonyl (C=O) groups excluding carboxylic acids is 1. The van der Waals surface area contributed by atoms with Gasteiger partial charge >= 0.3 is 0 Å². The molecule has 0 fully saturated rings. The van der Waals surface area contributed by atoms with Crippen molar-refractivity contribution >= 4 is 28.8 Å². The zero-order valence-corrected chi connectivity index (χ0v) is 6.25. The van der Waals surface area contributed by atoms with E-state index < -0.39 is 12.0 Å². The lowest BCUT2D eigenvalue weighted by molar-refractivity contribution is -0.126. The number of hydrogen-bond donors (Lipinski definition) is 3. The van der Waals surface area contributed by atoms with E-state index in [0.717, 1.165) is 0 Å². The SMILES string of the molecule is NCC(O)C(=O)NI. The minimum Gasteiger partial charge on any atom is -0.382 e. The van der Waals surface area contributed by atoms with Gasteiger partial charge in [0.1, 0.15) is 6.10 Å². The molecule has 0 radical (unpaired) electrons. The van der Waals surface area contributed by atoms with Crippen molar-refractivity contribution in [3.05, 3.63) is 0 Å². The molecular formula is C3H7IN2O2. The highest BCUT2D eigenvalue weighted by atomic mass is 127. The molecule has 0 aromatic carbocycles. The summed E-state index contributed by atoms with van der Waals surface area (Å²) in [6.45, 7) is -0.0329. The molecule has 0 heterocycles. The summed E-state index contributed by atoms with van der Waals surface area (Å²) in [4.78, 5) is 10.3. The number of halogens is 1. The van der Waals surface area contributed by atoms with Crippen molar-refractivity contribution in [1.29, 1.82) is 0 Å². The van der Waals surface area contributed by atoms with Crippen molar-refractivity contribution in [1.82, 2.24) is 3.53 Å². The van der Waals surface area contributed by atoms with E-state index in [0.29, 0.717) is 0 Å². The summed E-state index contributed by atoms with van der Waals surface area (Å²) < 4.78 is 2.22. The van der Waals surface area contributed by atoms with Crippen LogP contribution in [0.2, 0.25) is 0 Å². The maximum atomic E-state index is 10.3. The first-order chi connectivity index (χ1) is 3.72. The van der Waals surface area contributed by atoms with Crippen LogP contribution in [0, 0.1) is 0 Å². The van der Waals surface area contributed by atoms with Crippen LogP contribution in [0.5, 0.6) is 0 Å². The van der Waals surface area contributed by atoms with Crippen LogP contribution in [0.15, 0.2) is 0 Å². The number of rotatable bonds is 2. The second kappa shape index (κ2) is 4.04. The Bertz CT molecular complexity index is 87.4. The van der Waals surface area contributed by atoms with Crippen molar-refractivity contribution in [2.75, 3.05) is 6.54 Å². The van der Waals surface area contributed by atoms with Gasteiger partial charge in [0.25, 0.3) is 5.91 Å². The molecule has 0 aliphatic heterocycles. The Morgan fingerprint density at radius 1 is 2.00 bits per heavy atom. The van der Waals surface area contributed by atoms with E-state index in [1.807, 2.05) is 0 Å². The number of hydrogen-bond acceptors (Lipinski definition) is 3. The average molecular weight is 230 g/mol. The summed E-state index contributed by atoms with van der Waals surface area (Å²) >= 11 is 1.64. The molecule has 5 heteroatoms. The fraction of sp³-hybridized carbons (Fsp3) is 0.667. The third kappa shape index (κ3) is 2.43. The molecule has 0 rings (SSSR count). The smallest absolute Gasteiger partial charge is 0.258 e. The molecule has 1 unspecified atom stereocenters. The number of aliphatic hydroxyl groups is 1. The zero-order valence-electron chi connectivity index (χ0n) is 4.10. The Hall–Kier alpha value is 0.120. The molecule has 0 aromatic rings. The predicted octanol–water partition coefficient (Wildman–Crippen LogP) is -1.23.